The molecule has 2 bridgehead atoms. The fraction of sp³-hybridized carbons (Fsp3) is 0.500. The number of aromatic nitrogens is 2. The van der Waals surface area contributed by atoms with E-state index in [0.29, 0.717) is 48.7 Å². The summed E-state index contributed by atoms with van der Waals surface area (Å²) in [4.78, 5) is 13.7. The molecule has 46 heavy (non-hydrogen) atoms. The quantitative estimate of drug-likeness (QED) is 0.249. The van der Waals surface area contributed by atoms with E-state index in [9.17, 15) is 9.50 Å². The van der Waals surface area contributed by atoms with Gasteiger partial charge < -0.3 is 20.1 Å². The fourth-order valence-corrected chi connectivity index (χ4v) is 9.03. The van der Waals surface area contributed by atoms with Crippen LogP contribution in [-0.2, 0) is 0 Å². The number of phenolic OH excluding ortho intramolecular Hbond substituents is 1. The van der Waals surface area contributed by atoms with Gasteiger partial charge in [0.05, 0.1) is 11.1 Å². The maximum absolute atomic E-state index is 17.0. The molecule has 5 fully saturated rings. The van der Waals surface area contributed by atoms with Gasteiger partial charge in [-0.3, -0.25) is 4.90 Å². The molecule has 1 aromatic heterocycles. The van der Waals surface area contributed by atoms with E-state index in [-0.39, 0.29) is 41.5 Å². The Hall–Kier alpha value is -3.63. The number of hydrogen-bond acceptors (Lipinski definition) is 7. The summed E-state index contributed by atoms with van der Waals surface area (Å²) in [6.45, 7) is 2.76. The first-order chi connectivity index (χ1) is 22.3. The molecule has 1 saturated carbocycles. The molecule has 4 atom stereocenters. The fourth-order valence-electron chi connectivity index (χ4n) is 9.03. The lowest BCUT2D eigenvalue weighted by Crippen LogP contribution is -2.51. The van der Waals surface area contributed by atoms with Gasteiger partial charge in [-0.1, -0.05) is 24.6 Å². The number of alkyl halides is 1. The lowest BCUT2D eigenvalue weighted by atomic mass is 9.77. The number of halogens is 3. The molecule has 3 unspecified atom stereocenters. The highest BCUT2D eigenvalue weighted by molar-refractivity contribution is 6.03. The van der Waals surface area contributed by atoms with Crippen LogP contribution in [0.2, 0.25) is 0 Å². The Balaban J connectivity index is 1.20. The van der Waals surface area contributed by atoms with Crippen molar-refractivity contribution in [3.05, 3.63) is 53.6 Å². The van der Waals surface area contributed by atoms with E-state index in [0.717, 1.165) is 67.8 Å². The number of rotatable bonds is 6. The van der Waals surface area contributed by atoms with Crippen LogP contribution >= 0.6 is 0 Å². The number of benzene rings is 3. The van der Waals surface area contributed by atoms with Crippen molar-refractivity contribution < 1.29 is 23.0 Å². The zero-order valence-electron chi connectivity index (χ0n) is 25.7. The molecule has 3 aromatic carbocycles. The molecule has 0 amide bonds. The number of aromatic hydroxyl groups is 1. The third-order valence-corrected chi connectivity index (χ3v) is 11.4. The zero-order valence-corrected chi connectivity index (χ0v) is 25.7. The molecule has 4 aromatic rings. The minimum absolute atomic E-state index is 0.0179. The van der Waals surface area contributed by atoms with Crippen molar-refractivity contribution in [2.75, 3.05) is 37.7 Å². The first-order valence-electron chi connectivity index (χ1n) is 16.8. The number of hydrogen-bond donors (Lipinski definition) is 2. The van der Waals surface area contributed by atoms with E-state index in [1.54, 1.807) is 6.07 Å². The normalized spacial score (nSPS) is 27.9. The number of ether oxygens (including phenoxy) is 1. The van der Waals surface area contributed by atoms with E-state index < -0.39 is 23.3 Å². The van der Waals surface area contributed by atoms with E-state index in [1.165, 1.54) is 12.1 Å². The first kappa shape index (κ1) is 28.6. The predicted octanol–water partition coefficient (Wildman–Crippen LogP) is 6.60. The van der Waals surface area contributed by atoms with Crippen molar-refractivity contribution in [2.24, 2.45) is 0 Å². The minimum atomic E-state index is -0.904. The van der Waals surface area contributed by atoms with E-state index >= 15 is 8.78 Å². The Kier molecular flexibility index (Phi) is 6.65. The molecule has 5 aliphatic rings. The Morgan fingerprint density at radius 1 is 1.00 bits per heavy atom. The van der Waals surface area contributed by atoms with Crippen LogP contribution in [-0.4, -0.2) is 76.6 Å². The van der Waals surface area contributed by atoms with Crippen LogP contribution in [0.5, 0.6) is 11.8 Å². The zero-order chi connectivity index (χ0) is 31.2. The van der Waals surface area contributed by atoms with Gasteiger partial charge in [-0.15, -0.1) is 0 Å². The molecule has 10 heteroatoms. The van der Waals surface area contributed by atoms with Crippen LogP contribution < -0.4 is 15.0 Å². The summed E-state index contributed by atoms with van der Waals surface area (Å²) in [5, 5.41) is 16.1. The highest BCUT2D eigenvalue weighted by Gasteiger charge is 2.49. The van der Waals surface area contributed by atoms with Crippen LogP contribution in [0.15, 0.2) is 36.4 Å². The molecule has 5 heterocycles. The van der Waals surface area contributed by atoms with Crippen molar-refractivity contribution in [1.82, 2.24) is 20.2 Å². The summed E-state index contributed by atoms with van der Waals surface area (Å²) in [6, 6.07) is 10.9. The van der Waals surface area contributed by atoms with Gasteiger partial charge in [0.25, 0.3) is 0 Å². The second-order valence-corrected chi connectivity index (χ2v) is 14.2. The molecule has 7 nitrogen and oxygen atoms in total. The van der Waals surface area contributed by atoms with Crippen molar-refractivity contribution in [3.8, 4) is 22.9 Å². The van der Waals surface area contributed by atoms with Crippen molar-refractivity contribution in [3.63, 3.8) is 0 Å². The van der Waals surface area contributed by atoms with Crippen molar-refractivity contribution in [1.29, 1.82) is 0 Å². The summed E-state index contributed by atoms with van der Waals surface area (Å²) in [5.41, 5.74) is 0.710. The number of piperazine rings is 1. The Morgan fingerprint density at radius 3 is 2.61 bits per heavy atom. The number of fused-ring (bicyclic) bond motifs is 5. The second kappa shape index (κ2) is 10.7. The summed E-state index contributed by atoms with van der Waals surface area (Å²) in [7, 11) is 0. The molecule has 9 rings (SSSR count). The van der Waals surface area contributed by atoms with Crippen LogP contribution in [0, 0.1) is 11.6 Å². The lowest BCUT2D eigenvalue weighted by molar-refractivity contribution is 0.107. The Morgan fingerprint density at radius 2 is 1.83 bits per heavy atom. The molecular formula is C36H38F3N5O2. The average Bonchev–Trinajstić information content (AvgIpc) is 3.65. The molecule has 2 N–H and O–H groups in total. The van der Waals surface area contributed by atoms with Gasteiger partial charge in [0.2, 0.25) is 0 Å². The number of phenols is 1. The van der Waals surface area contributed by atoms with E-state index in [2.05, 4.69) is 20.1 Å². The topological polar surface area (TPSA) is 73.8 Å². The summed E-state index contributed by atoms with van der Waals surface area (Å²) in [6.07, 6.45) is 6.53. The maximum Gasteiger partial charge on any atom is 0.319 e. The SMILES string of the molecule is Oc1cc(-c2c(F)cc3c(N4CC5CCC(C4)N5)nc(OCC45CCCN4C[C@H](F)C5)nc3c2F)c2c(C3CCC3)cccc2c1. The highest BCUT2D eigenvalue weighted by atomic mass is 19.1. The average molecular weight is 630 g/mol. The van der Waals surface area contributed by atoms with Gasteiger partial charge in [-0.25, -0.2) is 13.2 Å². The summed E-state index contributed by atoms with van der Waals surface area (Å²) >= 11 is 0. The van der Waals surface area contributed by atoms with Crippen LogP contribution in [0.3, 0.4) is 0 Å². The Labute approximate surface area is 265 Å². The monoisotopic (exact) mass is 629 g/mol. The summed E-state index contributed by atoms with van der Waals surface area (Å²) in [5.74, 6) is -0.822. The molecule has 1 aliphatic carbocycles. The second-order valence-electron chi connectivity index (χ2n) is 14.2. The molecule has 4 saturated heterocycles. The smallest absolute Gasteiger partial charge is 0.319 e. The van der Waals surface area contributed by atoms with Gasteiger partial charge in [-0.05, 0) is 91.1 Å². The van der Waals surface area contributed by atoms with Gasteiger partial charge >= 0.3 is 6.01 Å². The van der Waals surface area contributed by atoms with Crippen LogP contribution in [0.25, 0.3) is 32.8 Å². The number of nitrogens with one attached hydrogen (secondary N) is 1. The van der Waals surface area contributed by atoms with Gasteiger partial charge in [0, 0.05) is 43.5 Å². The largest absolute Gasteiger partial charge is 0.508 e. The molecule has 0 spiro atoms. The van der Waals surface area contributed by atoms with Gasteiger partial charge in [0.1, 0.15) is 35.7 Å². The Bertz CT molecular complexity index is 1860. The molecule has 240 valence electrons. The van der Waals surface area contributed by atoms with Crippen molar-refractivity contribution in [2.45, 2.75) is 81.1 Å². The van der Waals surface area contributed by atoms with Crippen LogP contribution in [0.1, 0.15) is 62.8 Å². The van der Waals surface area contributed by atoms with Gasteiger partial charge in [-0.2, -0.15) is 9.97 Å². The van der Waals surface area contributed by atoms with E-state index in [1.807, 2.05) is 18.2 Å². The molecule has 4 aliphatic heterocycles. The van der Waals surface area contributed by atoms with Crippen molar-refractivity contribution >= 4 is 27.5 Å². The van der Waals surface area contributed by atoms with Crippen LogP contribution in [0.4, 0.5) is 19.0 Å². The maximum atomic E-state index is 17.0. The van der Waals surface area contributed by atoms with Gasteiger partial charge in [0.15, 0.2) is 5.82 Å². The standard InChI is InChI=1S/C36H38F3N5O2/c37-22-15-36(10-3-11-44(36)16-22)19-46-35-41-33-28(34(42-35)43-17-23-8-9-24(18-43)40-23)14-29(38)31(32(33)39)27-13-25(45)12-21-6-2-7-26(30(21)27)20-4-1-5-20/h2,6-7,12-14,20,22-24,40,45H,1,3-5,8-11,15-19H2/t22-,23?,24?,36?/m1/s1. The number of nitrogens with zero attached hydrogens (tertiary/aromatic N) is 4. The predicted molar refractivity (Wildman–Crippen MR) is 171 cm³/mol. The highest BCUT2D eigenvalue weighted by Crippen LogP contribution is 2.46. The third kappa shape index (κ3) is 4.54. The first-order valence-corrected chi connectivity index (χ1v) is 16.8. The summed E-state index contributed by atoms with van der Waals surface area (Å²) < 4.78 is 54.2. The molecular weight excluding hydrogens is 591 g/mol. The minimum Gasteiger partial charge on any atom is -0.508 e. The third-order valence-electron chi connectivity index (χ3n) is 11.4. The van der Waals surface area contributed by atoms with E-state index in [4.69, 9.17) is 9.72 Å². The number of anilines is 1. The lowest BCUT2D eigenvalue weighted by Gasteiger charge is -2.34. The molecule has 0 radical (unpaired) electrons.